The number of hydrogen-bond acceptors (Lipinski definition) is 5. The van der Waals surface area contributed by atoms with Gasteiger partial charge in [-0.1, -0.05) is 6.07 Å². The Labute approximate surface area is 122 Å². The summed E-state index contributed by atoms with van der Waals surface area (Å²) in [5.41, 5.74) is 5.13. The smallest absolute Gasteiger partial charge is 0.371 e. The normalized spacial score (nSPS) is 17.4. The molecule has 1 aromatic carbocycles. The van der Waals surface area contributed by atoms with Crippen LogP contribution in [0.3, 0.4) is 0 Å². The second kappa shape index (κ2) is 5.85. The Kier molecular flexibility index (Phi) is 3.92. The van der Waals surface area contributed by atoms with Crippen molar-refractivity contribution in [2.45, 2.75) is 6.54 Å². The number of hydrazine groups is 1. The van der Waals surface area contributed by atoms with E-state index in [-0.39, 0.29) is 5.76 Å². The molecule has 1 aliphatic rings. The fourth-order valence-corrected chi connectivity index (χ4v) is 2.48. The van der Waals surface area contributed by atoms with E-state index in [2.05, 4.69) is 22.4 Å². The van der Waals surface area contributed by atoms with E-state index in [4.69, 9.17) is 9.52 Å². The standard InChI is InChI=1S/C15H19N3O3/c1-17-4-6-18(7-5-17)16-10-11-2-3-13-12(8-11)9-14(21-13)15(19)20/h2-3,8-9,16H,4-7,10H2,1H3,(H,19,20). The SMILES string of the molecule is CN1CCN(NCc2ccc3oc(C(=O)O)cc3c2)CC1. The van der Waals surface area contributed by atoms with Gasteiger partial charge in [0.1, 0.15) is 5.58 Å². The first-order valence-electron chi connectivity index (χ1n) is 7.04. The van der Waals surface area contributed by atoms with E-state index in [0.717, 1.165) is 43.7 Å². The summed E-state index contributed by atoms with van der Waals surface area (Å²) in [4.78, 5) is 13.2. The van der Waals surface area contributed by atoms with Crippen molar-refractivity contribution in [2.24, 2.45) is 0 Å². The Morgan fingerprint density at radius 3 is 2.76 bits per heavy atom. The summed E-state index contributed by atoms with van der Waals surface area (Å²) in [5.74, 6) is -1.06. The van der Waals surface area contributed by atoms with Gasteiger partial charge in [0.05, 0.1) is 0 Å². The van der Waals surface area contributed by atoms with E-state index < -0.39 is 5.97 Å². The predicted molar refractivity (Wildman–Crippen MR) is 79.1 cm³/mol. The Bertz CT molecular complexity index is 645. The van der Waals surface area contributed by atoms with Crippen molar-refractivity contribution in [3.05, 3.63) is 35.6 Å². The summed E-state index contributed by atoms with van der Waals surface area (Å²) in [6.45, 7) is 4.87. The first kappa shape index (κ1) is 14.1. The number of hydrogen-bond donors (Lipinski definition) is 2. The van der Waals surface area contributed by atoms with Crippen LogP contribution in [0.2, 0.25) is 0 Å². The molecular formula is C15H19N3O3. The van der Waals surface area contributed by atoms with Crippen molar-refractivity contribution in [3.8, 4) is 0 Å². The molecule has 112 valence electrons. The van der Waals surface area contributed by atoms with E-state index in [1.165, 1.54) is 0 Å². The number of nitrogens with one attached hydrogen (secondary N) is 1. The molecule has 0 amide bonds. The number of furan rings is 1. The van der Waals surface area contributed by atoms with Crippen molar-refractivity contribution >= 4 is 16.9 Å². The van der Waals surface area contributed by atoms with Crippen molar-refractivity contribution in [1.82, 2.24) is 15.3 Å². The number of likely N-dealkylation sites (N-methyl/N-ethyl adjacent to an activating group) is 1. The number of nitrogens with zero attached hydrogens (tertiary/aromatic N) is 2. The minimum absolute atomic E-state index is 0.0193. The first-order valence-corrected chi connectivity index (χ1v) is 7.04. The average molecular weight is 289 g/mol. The van der Waals surface area contributed by atoms with Crippen LogP contribution >= 0.6 is 0 Å². The zero-order chi connectivity index (χ0) is 14.8. The summed E-state index contributed by atoms with van der Waals surface area (Å²) in [6.07, 6.45) is 0. The van der Waals surface area contributed by atoms with Crippen LogP contribution in [0.4, 0.5) is 0 Å². The first-order chi connectivity index (χ1) is 10.1. The highest BCUT2D eigenvalue weighted by molar-refractivity contribution is 5.91. The average Bonchev–Trinajstić information content (AvgIpc) is 2.90. The third kappa shape index (κ3) is 3.24. The van der Waals surface area contributed by atoms with Crippen LogP contribution in [-0.2, 0) is 6.54 Å². The molecule has 2 heterocycles. The number of benzene rings is 1. The third-order valence-corrected chi connectivity index (χ3v) is 3.80. The lowest BCUT2D eigenvalue weighted by Gasteiger charge is -2.32. The lowest BCUT2D eigenvalue weighted by atomic mass is 10.1. The molecule has 0 unspecified atom stereocenters. The van der Waals surface area contributed by atoms with E-state index in [1.54, 1.807) is 6.07 Å². The molecule has 1 aromatic heterocycles. The highest BCUT2D eigenvalue weighted by Crippen LogP contribution is 2.21. The molecule has 0 atom stereocenters. The number of fused-ring (bicyclic) bond motifs is 1. The monoisotopic (exact) mass is 289 g/mol. The lowest BCUT2D eigenvalue weighted by molar-refractivity contribution is 0.0665. The van der Waals surface area contributed by atoms with Gasteiger partial charge in [-0.2, -0.15) is 0 Å². The molecule has 0 radical (unpaired) electrons. The van der Waals surface area contributed by atoms with Gasteiger partial charge in [0, 0.05) is 38.1 Å². The number of rotatable bonds is 4. The van der Waals surface area contributed by atoms with Crippen LogP contribution in [0.1, 0.15) is 16.1 Å². The molecule has 1 fully saturated rings. The lowest BCUT2D eigenvalue weighted by Crippen LogP contribution is -2.50. The van der Waals surface area contributed by atoms with Crippen LogP contribution < -0.4 is 5.43 Å². The number of carbonyl (C=O) groups is 1. The zero-order valence-electron chi connectivity index (χ0n) is 12.0. The summed E-state index contributed by atoms with van der Waals surface area (Å²) < 4.78 is 5.25. The number of aromatic carboxylic acids is 1. The maximum atomic E-state index is 10.9. The van der Waals surface area contributed by atoms with Gasteiger partial charge in [-0.3, -0.25) is 5.43 Å². The molecule has 6 nitrogen and oxygen atoms in total. The highest BCUT2D eigenvalue weighted by atomic mass is 16.4. The molecule has 2 aromatic rings. The van der Waals surface area contributed by atoms with Gasteiger partial charge >= 0.3 is 5.97 Å². The second-order valence-electron chi connectivity index (χ2n) is 5.41. The summed E-state index contributed by atoms with van der Waals surface area (Å²) in [7, 11) is 2.13. The van der Waals surface area contributed by atoms with Crippen molar-refractivity contribution in [2.75, 3.05) is 33.2 Å². The predicted octanol–water partition coefficient (Wildman–Crippen LogP) is 1.38. The summed E-state index contributed by atoms with van der Waals surface area (Å²) in [5, 5.41) is 12.0. The minimum Gasteiger partial charge on any atom is -0.475 e. The van der Waals surface area contributed by atoms with Gasteiger partial charge in [0.2, 0.25) is 5.76 Å². The molecule has 0 bridgehead atoms. The molecule has 21 heavy (non-hydrogen) atoms. The molecule has 0 aliphatic carbocycles. The van der Waals surface area contributed by atoms with E-state index >= 15 is 0 Å². The van der Waals surface area contributed by atoms with Crippen molar-refractivity contribution in [1.29, 1.82) is 0 Å². The maximum Gasteiger partial charge on any atom is 0.371 e. The van der Waals surface area contributed by atoms with E-state index in [1.807, 2.05) is 18.2 Å². The topological polar surface area (TPSA) is 69.0 Å². The zero-order valence-corrected chi connectivity index (χ0v) is 12.0. The summed E-state index contributed by atoms with van der Waals surface area (Å²) >= 11 is 0. The van der Waals surface area contributed by atoms with Gasteiger partial charge in [-0.25, -0.2) is 9.80 Å². The number of piperazine rings is 1. The summed E-state index contributed by atoms with van der Waals surface area (Å²) in [6, 6.07) is 7.31. The van der Waals surface area contributed by atoms with Gasteiger partial charge in [-0.15, -0.1) is 0 Å². The minimum atomic E-state index is -1.04. The Morgan fingerprint density at radius 1 is 1.29 bits per heavy atom. The molecular weight excluding hydrogens is 270 g/mol. The van der Waals surface area contributed by atoms with Crippen LogP contribution in [0.5, 0.6) is 0 Å². The van der Waals surface area contributed by atoms with Crippen LogP contribution in [-0.4, -0.2) is 54.2 Å². The van der Waals surface area contributed by atoms with E-state index in [0.29, 0.717) is 5.58 Å². The molecule has 6 heteroatoms. The van der Waals surface area contributed by atoms with Crippen LogP contribution in [0, 0.1) is 0 Å². The third-order valence-electron chi connectivity index (χ3n) is 3.80. The van der Waals surface area contributed by atoms with Gasteiger partial charge in [0.25, 0.3) is 0 Å². The molecule has 0 saturated carbocycles. The van der Waals surface area contributed by atoms with Crippen molar-refractivity contribution < 1.29 is 14.3 Å². The largest absolute Gasteiger partial charge is 0.475 e. The van der Waals surface area contributed by atoms with Gasteiger partial charge in [-0.05, 0) is 30.8 Å². The van der Waals surface area contributed by atoms with Crippen LogP contribution in [0.25, 0.3) is 11.0 Å². The highest BCUT2D eigenvalue weighted by Gasteiger charge is 2.14. The second-order valence-corrected chi connectivity index (χ2v) is 5.41. The van der Waals surface area contributed by atoms with Gasteiger partial charge < -0.3 is 14.4 Å². The quantitative estimate of drug-likeness (QED) is 0.886. The Balaban J connectivity index is 1.65. The van der Waals surface area contributed by atoms with E-state index in [9.17, 15) is 4.79 Å². The van der Waals surface area contributed by atoms with Gasteiger partial charge in [0.15, 0.2) is 0 Å². The molecule has 0 spiro atoms. The fraction of sp³-hybridized carbons (Fsp3) is 0.400. The number of carboxylic acid groups (broad SMARTS) is 1. The Morgan fingerprint density at radius 2 is 2.05 bits per heavy atom. The molecule has 2 N–H and O–H groups in total. The van der Waals surface area contributed by atoms with Crippen LogP contribution in [0.15, 0.2) is 28.7 Å². The number of carboxylic acids is 1. The molecule has 1 saturated heterocycles. The Hall–Kier alpha value is -1.89. The molecule has 1 aliphatic heterocycles. The van der Waals surface area contributed by atoms with Crippen molar-refractivity contribution in [3.63, 3.8) is 0 Å². The fourth-order valence-electron chi connectivity index (χ4n) is 2.48. The maximum absolute atomic E-state index is 10.9. The molecule has 3 rings (SSSR count).